The summed E-state index contributed by atoms with van der Waals surface area (Å²) < 4.78 is 10.1. The smallest absolute Gasteiger partial charge is 0.188 e. The molecule has 72 valence electrons. The van der Waals surface area contributed by atoms with E-state index in [1.165, 1.54) is 0 Å². The first-order valence-electron chi connectivity index (χ1n) is 4.03. The fourth-order valence-corrected chi connectivity index (χ4v) is 1.23. The third-order valence-corrected chi connectivity index (χ3v) is 2.35. The van der Waals surface area contributed by atoms with Crippen LogP contribution in [0.15, 0.2) is 12.1 Å². The van der Waals surface area contributed by atoms with E-state index in [0.717, 1.165) is 21.9 Å². The maximum absolute atomic E-state index is 6.00. The Morgan fingerprint density at radius 1 is 1.23 bits per heavy atom. The van der Waals surface area contributed by atoms with E-state index in [1.807, 2.05) is 26.0 Å². The molecular formula is C10H13ClO2. The van der Waals surface area contributed by atoms with Crippen LogP contribution in [0.2, 0.25) is 5.02 Å². The zero-order valence-corrected chi connectivity index (χ0v) is 8.81. The second-order valence-electron chi connectivity index (χ2n) is 2.92. The summed E-state index contributed by atoms with van der Waals surface area (Å²) in [5.41, 5.74) is 2.04. The normalized spacial score (nSPS) is 10.2. The van der Waals surface area contributed by atoms with Crippen LogP contribution < -0.4 is 4.74 Å². The molecule has 0 aliphatic carbocycles. The van der Waals surface area contributed by atoms with Gasteiger partial charge in [0.05, 0.1) is 0 Å². The lowest BCUT2D eigenvalue weighted by atomic mass is 10.1. The van der Waals surface area contributed by atoms with Crippen LogP contribution in [-0.2, 0) is 4.74 Å². The van der Waals surface area contributed by atoms with E-state index in [9.17, 15) is 0 Å². The van der Waals surface area contributed by atoms with Gasteiger partial charge in [-0.2, -0.15) is 0 Å². The van der Waals surface area contributed by atoms with Crippen LogP contribution in [-0.4, -0.2) is 13.9 Å². The van der Waals surface area contributed by atoms with Crippen molar-refractivity contribution in [2.75, 3.05) is 13.9 Å². The van der Waals surface area contributed by atoms with E-state index >= 15 is 0 Å². The molecule has 0 atom stereocenters. The van der Waals surface area contributed by atoms with Crippen LogP contribution in [0, 0.1) is 13.8 Å². The van der Waals surface area contributed by atoms with Gasteiger partial charge in [-0.1, -0.05) is 11.6 Å². The first-order chi connectivity index (χ1) is 6.15. The van der Waals surface area contributed by atoms with Crippen molar-refractivity contribution in [1.29, 1.82) is 0 Å². The summed E-state index contributed by atoms with van der Waals surface area (Å²) in [5.74, 6) is 0.793. The molecule has 1 rings (SSSR count). The maximum Gasteiger partial charge on any atom is 0.188 e. The molecule has 3 heteroatoms. The Balaban J connectivity index is 2.86. The average molecular weight is 201 g/mol. The molecule has 0 bridgehead atoms. The van der Waals surface area contributed by atoms with E-state index in [1.54, 1.807) is 7.11 Å². The zero-order valence-electron chi connectivity index (χ0n) is 8.06. The Bertz CT molecular complexity index is 274. The predicted molar refractivity (Wildman–Crippen MR) is 53.4 cm³/mol. The Kier molecular flexibility index (Phi) is 3.58. The highest BCUT2D eigenvalue weighted by Gasteiger charge is 2.02. The Morgan fingerprint density at radius 2 is 1.77 bits per heavy atom. The molecule has 13 heavy (non-hydrogen) atoms. The molecule has 0 aliphatic rings. The standard InChI is InChI=1S/C10H13ClO2/c1-7-4-9(13-6-12-3)5-8(2)10(7)11/h4-5H,6H2,1-3H3. The fourth-order valence-electron chi connectivity index (χ4n) is 1.12. The third-order valence-electron chi connectivity index (χ3n) is 1.75. The summed E-state index contributed by atoms with van der Waals surface area (Å²) in [7, 11) is 1.59. The van der Waals surface area contributed by atoms with Crippen molar-refractivity contribution in [1.82, 2.24) is 0 Å². The Hall–Kier alpha value is -0.730. The fraction of sp³-hybridized carbons (Fsp3) is 0.400. The van der Waals surface area contributed by atoms with Crippen LogP contribution in [0.25, 0.3) is 0 Å². The largest absolute Gasteiger partial charge is 0.468 e. The molecule has 0 aromatic heterocycles. The number of ether oxygens (including phenoxy) is 2. The van der Waals surface area contributed by atoms with E-state index in [-0.39, 0.29) is 6.79 Å². The number of halogens is 1. The Morgan fingerprint density at radius 3 is 2.23 bits per heavy atom. The molecule has 0 fully saturated rings. The lowest BCUT2D eigenvalue weighted by Crippen LogP contribution is -1.99. The molecular weight excluding hydrogens is 188 g/mol. The van der Waals surface area contributed by atoms with Gasteiger partial charge < -0.3 is 9.47 Å². The first-order valence-corrected chi connectivity index (χ1v) is 4.41. The molecule has 1 aromatic carbocycles. The number of methoxy groups -OCH3 is 1. The summed E-state index contributed by atoms with van der Waals surface area (Å²) >= 11 is 6.00. The molecule has 0 spiro atoms. The number of hydrogen-bond donors (Lipinski definition) is 0. The molecule has 0 radical (unpaired) electrons. The quantitative estimate of drug-likeness (QED) is 0.699. The first kappa shape index (κ1) is 10.4. The van der Waals surface area contributed by atoms with Crippen LogP contribution in [0.5, 0.6) is 5.75 Å². The van der Waals surface area contributed by atoms with E-state index in [4.69, 9.17) is 21.1 Å². The minimum Gasteiger partial charge on any atom is -0.468 e. The number of hydrogen-bond acceptors (Lipinski definition) is 2. The van der Waals surface area contributed by atoms with Crippen molar-refractivity contribution in [2.45, 2.75) is 13.8 Å². The molecule has 0 amide bonds. The van der Waals surface area contributed by atoms with Crippen molar-refractivity contribution in [3.05, 3.63) is 28.3 Å². The SMILES string of the molecule is COCOc1cc(C)c(Cl)c(C)c1. The van der Waals surface area contributed by atoms with Gasteiger partial charge in [0.2, 0.25) is 0 Å². The predicted octanol–water partition coefficient (Wildman–Crippen LogP) is 2.94. The van der Waals surface area contributed by atoms with Gasteiger partial charge >= 0.3 is 0 Å². The van der Waals surface area contributed by atoms with Gasteiger partial charge in [-0.15, -0.1) is 0 Å². The van der Waals surface area contributed by atoms with Crippen molar-refractivity contribution < 1.29 is 9.47 Å². The van der Waals surface area contributed by atoms with Gasteiger partial charge in [0.25, 0.3) is 0 Å². The van der Waals surface area contributed by atoms with Crippen LogP contribution in [0.3, 0.4) is 0 Å². The summed E-state index contributed by atoms with van der Waals surface area (Å²) in [5, 5.41) is 0.796. The topological polar surface area (TPSA) is 18.5 Å². The van der Waals surface area contributed by atoms with Gasteiger partial charge in [0, 0.05) is 12.1 Å². The molecule has 0 heterocycles. The molecule has 2 nitrogen and oxygen atoms in total. The zero-order chi connectivity index (χ0) is 9.84. The van der Waals surface area contributed by atoms with Crippen molar-refractivity contribution in [2.24, 2.45) is 0 Å². The highest BCUT2D eigenvalue weighted by atomic mass is 35.5. The minimum absolute atomic E-state index is 0.264. The molecule has 0 saturated carbocycles. The highest BCUT2D eigenvalue weighted by Crippen LogP contribution is 2.25. The van der Waals surface area contributed by atoms with E-state index < -0.39 is 0 Å². The Labute approximate surface area is 83.4 Å². The molecule has 0 saturated heterocycles. The van der Waals surface area contributed by atoms with Crippen molar-refractivity contribution in [3.63, 3.8) is 0 Å². The highest BCUT2D eigenvalue weighted by molar-refractivity contribution is 6.32. The molecule has 0 aliphatic heterocycles. The number of benzene rings is 1. The van der Waals surface area contributed by atoms with Crippen LogP contribution in [0.1, 0.15) is 11.1 Å². The number of aryl methyl sites for hydroxylation is 2. The maximum atomic E-state index is 6.00. The lowest BCUT2D eigenvalue weighted by molar-refractivity contribution is 0.0510. The van der Waals surface area contributed by atoms with Gasteiger partial charge in [-0.3, -0.25) is 0 Å². The minimum atomic E-state index is 0.264. The summed E-state index contributed by atoms with van der Waals surface area (Å²) in [6, 6.07) is 3.79. The average Bonchev–Trinajstić information content (AvgIpc) is 2.10. The lowest BCUT2D eigenvalue weighted by Gasteiger charge is -2.08. The summed E-state index contributed by atoms with van der Waals surface area (Å²) in [6.45, 7) is 4.17. The summed E-state index contributed by atoms with van der Waals surface area (Å²) in [6.07, 6.45) is 0. The molecule has 1 aromatic rings. The van der Waals surface area contributed by atoms with Gasteiger partial charge in [0.1, 0.15) is 5.75 Å². The second kappa shape index (κ2) is 4.49. The van der Waals surface area contributed by atoms with Gasteiger partial charge in [-0.05, 0) is 37.1 Å². The monoisotopic (exact) mass is 200 g/mol. The third kappa shape index (κ3) is 2.61. The van der Waals surface area contributed by atoms with E-state index in [0.29, 0.717) is 0 Å². The summed E-state index contributed by atoms with van der Waals surface area (Å²) in [4.78, 5) is 0. The van der Waals surface area contributed by atoms with Gasteiger partial charge in [-0.25, -0.2) is 0 Å². The van der Waals surface area contributed by atoms with Crippen molar-refractivity contribution >= 4 is 11.6 Å². The van der Waals surface area contributed by atoms with Crippen molar-refractivity contribution in [3.8, 4) is 5.75 Å². The molecule has 0 N–H and O–H groups in total. The number of rotatable bonds is 3. The van der Waals surface area contributed by atoms with Crippen LogP contribution in [0.4, 0.5) is 0 Å². The second-order valence-corrected chi connectivity index (χ2v) is 3.30. The molecule has 0 unspecified atom stereocenters. The van der Waals surface area contributed by atoms with E-state index in [2.05, 4.69) is 0 Å². The van der Waals surface area contributed by atoms with Gasteiger partial charge in [0.15, 0.2) is 6.79 Å². The van der Waals surface area contributed by atoms with Crippen LogP contribution >= 0.6 is 11.6 Å².